The molecule has 1 heterocycles. The maximum Gasteiger partial charge on any atom is 0.213 e. The van der Waals surface area contributed by atoms with Gasteiger partial charge in [-0.3, -0.25) is 0 Å². The lowest BCUT2D eigenvalue weighted by Gasteiger charge is -2.29. The molecule has 28 heavy (non-hydrogen) atoms. The molecule has 152 valence electrons. The predicted octanol–water partition coefficient (Wildman–Crippen LogP) is 4.19. The summed E-state index contributed by atoms with van der Waals surface area (Å²) in [7, 11) is -3.19. The van der Waals surface area contributed by atoms with E-state index in [-0.39, 0.29) is 5.82 Å². The van der Waals surface area contributed by atoms with E-state index in [0.29, 0.717) is 18.5 Å². The zero-order valence-electron chi connectivity index (χ0n) is 16.4. The summed E-state index contributed by atoms with van der Waals surface area (Å²) in [6.07, 6.45) is 5.77. The minimum Gasteiger partial charge on any atom is -0.367 e. The van der Waals surface area contributed by atoms with Crippen molar-refractivity contribution in [2.45, 2.75) is 50.8 Å². The van der Waals surface area contributed by atoms with Crippen LogP contribution in [0.2, 0.25) is 0 Å². The molecule has 7 heteroatoms. The molecule has 1 aliphatic carbocycles. The van der Waals surface area contributed by atoms with Crippen LogP contribution in [0.3, 0.4) is 0 Å². The average molecular weight is 406 g/mol. The van der Waals surface area contributed by atoms with Crippen molar-refractivity contribution in [3.63, 3.8) is 0 Å². The number of rotatable bonds is 7. The van der Waals surface area contributed by atoms with E-state index in [2.05, 4.69) is 15.0 Å². The van der Waals surface area contributed by atoms with E-state index < -0.39 is 15.3 Å². The fourth-order valence-corrected chi connectivity index (χ4v) is 4.21. The molecule has 1 aliphatic rings. The first-order valence-electron chi connectivity index (χ1n) is 9.80. The molecule has 1 fully saturated rings. The van der Waals surface area contributed by atoms with Gasteiger partial charge in [-0.25, -0.2) is 22.5 Å². The maximum absolute atomic E-state index is 13.0. The lowest BCUT2D eigenvalue weighted by atomic mass is 9.86. The molecule has 1 aromatic heterocycles. The topological polar surface area (TPSA) is 71.1 Å². The van der Waals surface area contributed by atoms with Crippen molar-refractivity contribution in [2.24, 2.45) is 5.92 Å². The van der Waals surface area contributed by atoms with E-state index in [1.54, 1.807) is 32.2 Å². The van der Waals surface area contributed by atoms with Crippen LogP contribution < -0.4 is 10.0 Å². The summed E-state index contributed by atoms with van der Waals surface area (Å²) >= 11 is 0. The Bertz CT molecular complexity index is 860. The highest BCUT2D eigenvalue weighted by Gasteiger charge is 2.23. The summed E-state index contributed by atoms with van der Waals surface area (Å²) in [4.78, 5) is 4.48. The number of nitrogens with one attached hydrogen (secondary N) is 2. The second-order valence-corrected chi connectivity index (χ2v) is 10.1. The van der Waals surface area contributed by atoms with Crippen molar-refractivity contribution in [1.29, 1.82) is 0 Å². The Morgan fingerprint density at radius 3 is 2.25 bits per heavy atom. The number of halogens is 1. The van der Waals surface area contributed by atoms with Gasteiger partial charge in [-0.15, -0.1) is 0 Å². The van der Waals surface area contributed by atoms with E-state index >= 15 is 0 Å². The number of pyridine rings is 1. The minimum atomic E-state index is -3.19. The summed E-state index contributed by atoms with van der Waals surface area (Å²) in [5.74, 6) is 0.970. The van der Waals surface area contributed by atoms with Crippen molar-refractivity contribution in [3.8, 4) is 11.1 Å². The quantitative estimate of drug-likeness (QED) is 0.725. The Morgan fingerprint density at radius 2 is 1.68 bits per heavy atom. The first kappa shape index (κ1) is 20.7. The fraction of sp³-hybridized carbons (Fsp3) is 0.476. The summed E-state index contributed by atoms with van der Waals surface area (Å²) in [6, 6.07) is 10.7. The van der Waals surface area contributed by atoms with Crippen LogP contribution in [-0.4, -0.2) is 31.2 Å². The lowest BCUT2D eigenvalue weighted by molar-refractivity contribution is 0.336. The second kappa shape index (κ2) is 9.01. The highest BCUT2D eigenvalue weighted by atomic mass is 32.2. The van der Waals surface area contributed by atoms with Crippen molar-refractivity contribution >= 4 is 15.8 Å². The summed E-state index contributed by atoms with van der Waals surface area (Å²) in [5, 5.41) is 3.08. The van der Waals surface area contributed by atoms with Gasteiger partial charge in [0.15, 0.2) is 0 Å². The smallest absolute Gasteiger partial charge is 0.213 e. The van der Waals surface area contributed by atoms with Gasteiger partial charge in [0.2, 0.25) is 10.0 Å². The number of nitrogens with zero attached hydrogens (tertiary/aromatic N) is 1. The Hall–Kier alpha value is -1.99. The largest absolute Gasteiger partial charge is 0.367 e. The number of benzene rings is 1. The number of hydrogen-bond donors (Lipinski definition) is 2. The van der Waals surface area contributed by atoms with Crippen LogP contribution in [0.15, 0.2) is 42.6 Å². The van der Waals surface area contributed by atoms with E-state index in [1.807, 2.05) is 12.1 Å². The molecule has 2 aromatic rings. The molecular formula is C21H28FN3O2S. The van der Waals surface area contributed by atoms with Crippen molar-refractivity contribution in [1.82, 2.24) is 9.71 Å². The minimum absolute atomic E-state index is 0.248. The first-order chi connectivity index (χ1) is 13.3. The maximum atomic E-state index is 13.0. The van der Waals surface area contributed by atoms with Gasteiger partial charge in [0.25, 0.3) is 0 Å². The molecule has 0 aliphatic heterocycles. The van der Waals surface area contributed by atoms with Crippen LogP contribution in [0, 0.1) is 11.7 Å². The van der Waals surface area contributed by atoms with Gasteiger partial charge in [-0.05, 0) is 75.3 Å². The van der Waals surface area contributed by atoms with Gasteiger partial charge in [0.1, 0.15) is 11.6 Å². The van der Waals surface area contributed by atoms with Crippen LogP contribution >= 0.6 is 0 Å². The number of anilines is 1. The molecule has 1 aromatic carbocycles. The standard InChI is InChI=1S/C21H28FN3O2S/c1-15(2)28(26,27)24-13-16-3-10-20(11-4-16)25-21-12-7-18(14-23-21)17-5-8-19(22)9-6-17/h5-9,12,14-16,20,24H,3-4,10-11,13H2,1-2H3,(H,23,25). The molecule has 0 unspecified atom stereocenters. The van der Waals surface area contributed by atoms with E-state index in [1.165, 1.54) is 12.1 Å². The molecule has 0 bridgehead atoms. The van der Waals surface area contributed by atoms with Crippen molar-refractivity contribution in [3.05, 3.63) is 48.4 Å². The fourth-order valence-electron chi connectivity index (χ4n) is 3.41. The zero-order valence-corrected chi connectivity index (χ0v) is 17.2. The number of aromatic nitrogens is 1. The Balaban J connectivity index is 1.47. The molecule has 0 saturated heterocycles. The van der Waals surface area contributed by atoms with Crippen LogP contribution in [0.4, 0.5) is 10.2 Å². The molecule has 0 atom stereocenters. The number of sulfonamides is 1. The van der Waals surface area contributed by atoms with Gasteiger partial charge < -0.3 is 5.32 Å². The van der Waals surface area contributed by atoms with Gasteiger partial charge in [0, 0.05) is 24.3 Å². The van der Waals surface area contributed by atoms with Crippen molar-refractivity contribution < 1.29 is 12.8 Å². The monoisotopic (exact) mass is 405 g/mol. The van der Waals surface area contributed by atoms with Gasteiger partial charge in [-0.1, -0.05) is 12.1 Å². The SMILES string of the molecule is CC(C)S(=O)(=O)NCC1CCC(Nc2ccc(-c3ccc(F)cc3)cn2)CC1. The highest BCUT2D eigenvalue weighted by molar-refractivity contribution is 7.90. The Kier molecular flexibility index (Phi) is 6.67. The summed E-state index contributed by atoms with van der Waals surface area (Å²) < 4.78 is 39.5. The van der Waals surface area contributed by atoms with E-state index in [4.69, 9.17) is 0 Å². The second-order valence-electron chi connectivity index (χ2n) is 7.74. The summed E-state index contributed by atoms with van der Waals surface area (Å²) in [5.41, 5.74) is 1.89. The summed E-state index contributed by atoms with van der Waals surface area (Å²) in [6.45, 7) is 3.91. The van der Waals surface area contributed by atoms with Gasteiger partial charge in [-0.2, -0.15) is 0 Å². The van der Waals surface area contributed by atoms with E-state index in [9.17, 15) is 12.8 Å². The van der Waals surface area contributed by atoms with Crippen LogP contribution in [0.1, 0.15) is 39.5 Å². The molecular weight excluding hydrogens is 377 g/mol. The predicted molar refractivity (Wildman–Crippen MR) is 111 cm³/mol. The first-order valence-corrected chi connectivity index (χ1v) is 11.3. The van der Waals surface area contributed by atoms with Crippen molar-refractivity contribution in [2.75, 3.05) is 11.9 Å². The van der Waals surface area contributed by atoms with Crippen LogP contribution in [0.5, 0.6) is 0 Å². The van der Waals surface area contributed by atoms with E-state index in [0.717, 1.165) is 42.6 Å². The third-order valence-electron chi connectivity index (χ3n) is 5.33. The third kappa shape index (κ3) is 5.52. The van der Waals surface area contributed by atoms with Crippen LogP contribution in [0.25, 0.3) is 11.1 Å². The van der Waals surface area contributed by atoms with Crippen LogP contribution in [-0.2, 0) is 10.0 Å². The van der Waals surface area contributed by atoms with Gasteiger partial charge in [0.05, 0.1) is 5.25 Å². The lowest BCUT2D eigenvalue weighted by Crippen LogP contribution is -2.37. The molecule has 5 nitrogen and oxygen atoms in total. The highest BCUT2D eigenvalue weighted by Crippen LogP contribution is 2.27. The molecule has 2 N–H and O–H groups in total. The molecule has 0 amide bonds. The Labute approximate surface area is 166 Å². The third-order valence-corrected chi connectivity index (χ3v) is 7.14. The van der Waals surface area contributed by atoms with Gasteiger partial charge >= 0.3 is 0 Å². The zero-order chi connectivity index (χ0) is 20.1. The molecule has 0 spiro atoms. The normalized spacial score (nSPS) is 20.3. The average Bonchev–Trinajstić information content (AvgIpc) is 2.69. The number of hydrogen-bond acceptors (Lipinski definition) is 4. The molecule has 0 radical (unpaired) electrons. The molecule has 3 rings (SSSR count). The molecule has 1 saturated carbocycles. The Morgan fingerprint density at radius 1 is 1.04 bits per heavy atom.